The second-order valence-corrected chi connectivity index (χ2v) is 7.28. The monoisotopic (exact) mass is 457 g/mol. The highest BCUT2D eigenvalue weighted by Gasteiger charge is 2.32. The van der Waals surface area contributed by atoms with Crippen LogP contribution < -0.4 is 5.32 Å². The number of alkyl halides is 3. The molecule has 3 N–H and O–H groups in total. The van der Waals surface area contributed by atoms with Crippen molar-refractivity contribution in [2.45, 2.75) is 13.1 Å². The van der Waals surface area contributed by atoms with Crippen LogP contribution in [0.5, 0.6) is 5.75 Å². The highest BCUT2D eigenvalue weighted by molar-refractivity contribution is 7.15. The van der Waals surface area contributed by atoms with Crippen molar-refractivity contribution in [1.82, 2.24) is 0 Å². The third-order valence-corrected chi connectivity index (χ3v) is 5.26. The van der Waals surface area contributed by atoms with Crippen LogP contribution >= 0.6 is 11.3 Å². The fourth-order valence-corrected chi connectivity index (χ4v) is 3.73. The highest BCUT2D eigenvalue weighted by Crippen LogP contribution is 2.38. The summed E-state index contributed by atoms with van der Waals surface area (Å²) in [6.07, 6.45) is -4.78. The van der Waals surface area contributed by atoms with Crippen molar-refractivity contribution < 1.29 is 41.8 Å². The number of phenols is 1. The lowest BCUT2D eigenvalue weighted by molar-refractivity contribution is -0.137. The van der Waals surface area contributed by atoms with Crippen LogP contribution in [0.4, 0.5) is 27.0 Å². The third-order valence-electron chi connectivity index (χ3n) is 4.37. The van der Waals surface area contributed by atoms with E-state index in [2.05, 4.69) is 5.32 Å². The van der Waals surface area contributed by atoms with E-state index >= 15 is 0 Å². The molecule has 0 atom stereocenters. The Kier molecular flexibility index (Phi) is 5.72. The van der Waals surface area contributed by atoms with Crippen LogP contribution in [0.1, 0.15) is 31.8 Å². The minimum absolute atomic E-state index is 0.00176. The molecule has 0 unspecified atom stereocenters. The molecule has 11 heteroatoms. The lowest BCUT2D eigenvalue weighted by atomic mass is 10.0. The molecule has 3 aromatic rings. The number of nitrogens with one attached hydrogen (secondary N) is 1. The van der Waals surface area contributed by atoms with E-state index < -0.39 is 52.1 Å². The summed E-state index contributed by atoms with van der Waals surface area (Å²) in [5.41, 5.74) is -3.10. The molecule has 0 fully saturated rings. The molecule has 0 radical (unpaired) electrons. The molecular formula is C20H12F5NO4S. The molecular weight excluding hydrogens is 445 g/mol. The molecule has 5 nitrogen and oxygen atoms in total. The number of carbonyl (C=O) groups is 2. The zero-order chi connectivity index (χ0) is 23.1. The number of benzene rings is 2. The minimum Gasteiger partial charge on any atom is -0.507 e. The van der Waals surface area contributed by atoms with Gasteiger partial charge in [0.1, 0.15) is 16.3 Å². The van der Waals surface area contributed by atoms with Crippen molar-refractivity contribution in [3.8, 4) is 16.9 Å². The van der Waals surface area contributed by atoms with Crippen molar-refractivity contribution in [2.75, 3.05) is 5.32 Å². The molecule has 3 rings (SSSR count). The van der Waals surface area contributed by atoms with Gasteiger partial charge < -0.3 is 15.5 Å². The number of carbonyl (C=O) groups excluding carboxylic acids is 1. The van der Waals surface area contributed by atoms with E-state index in [4.69, 9.17) is 0 Å². The highest BCUT2D eigenvalue weighted by atomic mass is 32.1. The third kappa shape index (κ3) is 4.22. The van der Waals surface area contributed by atoms with Gasteiger partial charge in [-0.25, -0.2) is 13.6 Å². The summed E-state index contributed by atoms with van der Waals surface area (Å²) in [5.74, 6) is -6.01. The number of anilines is 1. The normalized spacial score (nSPS) is 11.4. The molecule has 1 heterocycles. The number of aryl methyl sites for hydroxylation is 1. The van der Waals surface area contributed by atoms with Gasteiger partial charge in [0.05, 0.1) is 11.1 Å². The summed E-state index contributed by atoms with van der Waals surface area (Å²) in [5, 5.41) is 22.3. The molecule has 31 heavy (non-hydrogen) atoms. The van der Waals surface area contributed by atoms with Crippen LogP contribution in [0.15, 0.2) is 35.7 Å². The van der Waals surface area contributed by atoms with Gasteiger partial charge in [-0.05, 0) is 30.7 Å². The molecule has 1 amide bonds. The second-order valence-electron chi connectivity index (χ2n) is 6.40. The number of carboxylic acid groups (broad SMARTS) is 1. The molecule has 0 aliphatic rings. The topological polar surface area (TPSA) is 86.6 Å². The molecule has 2 aromatic carbocycles. The molecule has 162 valence electrons. The summed E-state index contributed by atoms with van der Waals surface area (Å²) in [7, 11) is 0. The molecule has 0 saturated carbocycles. The van der Waals surface area contributed by atoms with Gasteiger partial charge in [-0.3, -0.25) is 4.79 Å². The Morgan fingerprint density at radius 2 is 1.71 bits per heavy atom. The van der Waals surface area contributed by atoms with E-state index in [9.17, 15) is 41.8 Å². The van der Waals surface area contributed by atoms with Crippen molar-refractivity contribution >= 4 is 28.2 Å². The maximum absolute atomic E-state index is 14.3. The van der Waals surface area contributed by atoms with E-state index in [1.165, 1.54) is 19.1 Å². The van der Waals surface area contributed by atoms with Gasteiger partial charge in [-0.15, -0.1) is 11.3 Å². The predicted octanol–water partition coefficient (Wildman–Crippen LogP) is 5.68. The Morgan fingerprint density at radius 3 is 2.32 bits per heavy atom. The Labute approximate surface area is 175 Å². The van der Waals surface area contributed by atoms with Gasteiger partial charge in [0.2, 0.25) is 0 Å². The molecule has 0 bridgehead atoms. The lowest BCUT2D eigenvalue weighted by Crippen LogP contribution is -2.15. The van der Waals surface area contributed by atoms with Gasteiger partial charge in [-0.1, -0.05) is 12.1 Å². The summed E-state index contributed by atoms with van der Waals surface area (Å²) in [6.45, 7) is 1.32. The second kappa shape index (κ2) is 7.99. The van der Waals surface area contributed by atoms with Crippen molar-refractivity contribution in [1.29, 1.82) is 0 Å². The zero-order valence-electron chi connectivity index (χ0n) is 15.5. The first-order chi connectivity index (χ1) is 14.4. The Morgan fingerprint density at radius 1 is 1.03 bits per heavy atom. The number of aromatic carboxylic acids is 1. The average Bonchev–Trinajstić information content (AvgIpc) is 3.09. The number of rotatable bonds is 4. The first-order valence-corrected chi connectivity index (χ1v) is 9.31. The SMILES string of the molecule is Cc1ccc(-c2csc(NC(=O)c3cc(C(F)(F)F)ccc3O)c2C(=O)O)c(F)c1F. The largest absolute Gasteiger partial charge is 0.507 e. The van der Waals surface area contributed by atoms with E-state index in [0.717, 1.165) is 5.38 Å². The van der Waals surface area contributed by atoms with Crippen LogP contribution in [0.25, 0.3) is 11.1 Å². The lowest BCUT2D eigenvalue weighted by Gasteiger charge is -2.11. The van der Waals surface area contributed by atoms with Crippen LogP contribution in [-0.2, 0) is 6.18 Å². The number of hydrogen-bond donors (Lipinski definition) is 3. The first kappa shape index (κ1) is 22.2. The molecule has 0 spiro atoms. The number of amides is 1. The smallest absolute Gasteiger partial charge is 0.416 e. The Bertz CT molecular complexity index is 1200. The maximum atomic E-state index is 14.3. The molecule has 1 aromatic heterocycles. The number of aromatic hydroxyl groups is 1. The van der Waals surface area contributed by atoms with E-state index in [1.807, 2.05) is 0 Å². The van der Waals surface area contributed by atoms with Crippen molar-refractivity contribution in [3.05, 3.63) is 69.6 Å². The number of phenolic OH excluding ortho intramolecular Hbond substituents is 1. The number of halogens is 5. The van der Waals surface area contributed by atoms with E-state index in [0.29, 0.717) is 29.5 Å². The standard InChI is InChI=1S/C20H12F5NO4S/c1-8-2-4-10(16(22)15(8)21)12-7-31-18(14(12)19(29)30)26-17(28)11-6-9(20(23,24)25)3-5-13(11)27/h2-7,27H,1H3,(H,26,28)(H,29,30). The average molecular weight is 457 g/mol. The quantitative estimate of drug-likeness (QED) is 0.440. The van der Waals surface area contributed by atoms with Gasteiger partial charge in [0.25, 0.3) is 5.91 Å². The molecule has 0 saturated heterocycles. The first-order valence-electron chi connectivity index (χ1n) is 8.43. The van der Waals surface area contributed by atoms with E-state index in [-0.39, 0.29) is 21.7 Å². The fraction of sp³-hybridized carbons (Fsp3) is 0.100. The maximum Gasteiger partial charge on any atom is 0.416 e. The van der Waals surface area contributed by atoms with Gasteiger partial charge in [0, 0.05) is 16.5 Å². The summed E-state index contributed by atoms with van der Waals surface area (Å²) in [6, 6.07) is 4.09. The predicted molar refractivity (Wildman–Crippen MR) is 102 cm³/mol. The molecule has 0 aliphatic heterocycles. The van der Waals surface area contributed by atoms with Gasteiger partial charge in [0.15, 0.2) is 11.6 Å². The summed E-state index contributed by atoms with van der Waals surface area (Å²) < 4.78 is 66.9. The van der Waals surface area contributed by atoms with Gasteiger partial charge in [-0.2, -0.15) is 13.2 Å². The zero-order valence-corrected chi connectivity index (χ0v) is 16.3. The van der Waals surface area contributed by atoms with Gasteiger partial charge >= 0.3 is 12.1 Å². The number of hydrogen-bond acceptors (Lipinski definition) is 4. The van der Waals surface area contributed by atoms with Crippen LogP contribution in [0.2, 0.25) is 0 Å². The van der Waals surface area contributed by atoms with Crippen LogP contribution in [0, 0.1) is 18.6 Å². The minimum atomic E-state index is -4.78. The van der Waals surface area contributed by atoms with Crippen LogP contribution in [0.3, 0.4) is 0 Å². The molecule has 0 aliphatic carbocycles. The van der Waals surface area contributed by atoms with Crippen LogP contribution in [-0.4, -0.2) is 22.1 Å². The fourth-order valence-electron chi connectivity index (χ4n) is 2.78. The summed E-state index contributed by atoms with van der Waals surface area (Å²) >= 11 is 0.651. The van der Waals surface area contributed by atoms with Crippen molar-refractivity contribution in [3.63, 3.8) is 0 Å². The summed E-state index contributed by atoms with van der Waals surface area (Å²) in [4.78, 5) is 24.2. The number of carboxylic acids is 1. The van der Waals surface area contributed by atoms with Crippen molar-refractivity contribution in [2.24, 2.45) is 0 Å². The Balaban J connectivity index is 2.04. The number of thiophene rings is 1. The Hall–Kier alpha value is -3.47. The van der Waals surface area contributed by atoms with E-state index in [1.54, 1.807) is 0 Å².